The molecule has 0 aromatic carbocycles. The molecule has 0 heterocycles. The van der Waals surface area contributed by atoms with E-state index in [1.807, 2.05) is 0 Å². The summed E-state index contributed by atoms with van der Waals surface area (Å²) in [5, 5.41) is 8.45. The molecule has 0 aliphatic heterocycles. The maximum atomic E-state index is 8.45. The Kier molecular flexibility index (Phi) is 9.62. The van der Waals surface area contributed by atoms with Crippen molar-refractivity contribution in [3.05, 3.63) is 0 Å². The van der Waals surface area contributed by atoms with Crippen LogP contribution in [0.3, 0.4) is 0 Å². The van der Waals surface area contributed by atoms with Crippen LogP contribution in [0.2, 0.25) is 0 Å². The Hall–Kier alpha value is -0.550. The normalized spacial score (nSPS) is 10.9. The molecule has 0 unspecified atom stereocenters. The second-order valence-corrected chi connectivity index (χ2v) is 4.19. The van der Waals surface area contributed by atoms with Crippen molar-refractivity contribution < 1.29 is 0 Å². The minimum atomic E-state index is 0.711. The molecule has 15 heavy (non-hydrogen) atoms. The van der Waals surface area contributed by atoms with Gasteiger partial charge in [-0.15, -0.1) is 0 Å². The molecule has 0 atom stereocenters. The quantitative estimate of drug-likeness (QED) is 0.545. The SMILES string of the molecule is CCC(CC)CN(CC)CCCCC#N. The molecule has 0 spiro atoms. The standard InChI is InChI=1S/C13H26N2/c1-4-13(5-2)12-15(6-3)11-9-7-8-10-14/h13H,4-9,11-12H2,1-3H3. The summed E-state index contributed by atoms with van der Waals surface area (Å²) in [5.74, 6) is 0.848. The van der Waals surface area contributed by atoms with E-state index in [0.717, 1.165) is 25.4 Å². The van der Waals surface area contributed by atoms with E-state index in [2.05, 4.69) is 31.7 Å². The Morgan fingerprint density at radius 2 is 1.80 bits per heavy atom. The largest absolute Gasteiger partial charge is 0.303 e. The van der Waals surface area contributed by atoms with E-state index < -0.39 is 0 Å². The van der Waals surface area contributed by atoms with Crippen molar-refractivity contribution in [2.24, 2.45) is 5.92 Å². The van der Waals surface area contributed by atoms with Gasteiger partial charge in [0.15, 0.2) is 0 Å². The van der Waals surface area contributed by atoms with Crippen LogP contribution >= 0.6 is 0 Å². The molecule has 2 nitrogen and oxygen atoms in total. The van der Waals surface area contributed by atoms with E-state index in [1.165, 1.54) is 25.8 Å². The summed E-state index contributed by atoms with van der Waals surface area (Å²) < 4.78 is 0. The number of hydrogen-bond acceptors (Lipinski definition) is 2. The van der Waals surface area contributed by atoms with Crippen molar-refractivity contribution in [3.63, 3.8) is 0 Å². The average Bonchev–Trinajstić information content (AvgIpc) is 2.28. The van der Waals surface area contributed by atoms with Gasteiger partial charge in [-0.25, -0.2) is 0 Å². The predicted molar refractivity (Wildman–Crippen MR) is 65.7 cm³/mol. The van der Waals surface area contributed by atoms with Gasteiger partial charge >= 0.3 is 0 Å². The molecule has 0 saturated carbocycles. The highest BCUT2D eigenvalue weighted by atomic mass is 15.1. The van der Waals surface area contributed by atoms with Crippen LogP contribution < -0.4 is 0 Å². The summed E-state index contributed by atoms with van der Waals surface area (Å²) in [6.45, 7) is 10.3. The molecule has 0 radical (unpaired) electrons. The first kappa shape index (κ1) is 14.5. The van der Waals surface area contributed by atoms with Crippen molar-refractivity contribution >= 4 is 0 Å². The minimum absolute atomic E-state index is 0.711. The van der Waals surface area contributed by atoms with Gasteiger partial charge < -0.3 is 4.90 Å². The highest BCUT2D eigenvalue weighted by Crippen LogP contribution is 2.10. The Morgan fingerprint density at radius 3 is 2.27 bits per heavy atom. The van der Waals surface area contributed by atoms with E-state index >= 15 is 0 Å². The lowest BCUT2D eigenvalue weighted by molar-refractivity contribution is 0.230. The Morgan fingerprint density at radius 1 is 1.13 bits per heavy atom. The molecule has 0 aromatic heterocycles. The van der Waals surface area contributed by atoms with Gasteiger partial charge in [0.1, 0.15) is 0 Å². The Balaban J connectivity index is 3.67. The van der Waals surface area contributed by atoms with Crippen LogP contribution in [0, 0.1) is 17.2 Å². The van der Waals surface area contributed by atoms with E-state index in [-0.39, 0.29) is 0 Å². The average molecular weight is 210 g/mol. The predicted octanol–water partition coefficient (Wildman–Crippen LogP) is 3.44. The van der Waals surface area contributed by atoms with Gasteiger partial charge in [0.2, 0.25) is 0 Å². The zero-order valence-corrected chi connectivity index (χ0v) is 10.6. The molecule has 0 rings (SSSR count). The number of nitrogens with zero attached hydrogens (tertiary/aromatic N) is 2. The molecule has 2 heteroatoms. The molecule has 0 bridgehead atoms. The van der Waals surface area contributed by atoms with Crippen LogP contribution in [-0.4, -0.2) is 24.5 Å². The lowest BCUT2D eigenvalue weighted by Crippen LogP contribution is -2.30. The first-order valence-corrected chi connectivity index (χ1v) is 6.37. The van der Waals surface area contributed by atoms with Crippen LogP contribution in [0.1, 0.15) is 52.9 Å². The molecule has 0 fully saturated rings. The highest BCUT2D eigenvalue weighted by Gasteiger charge is 2.08. The second-order valence-electron chi connectivity index (χ2n) is 4.19. The number of unbranched alkanes of at least 4 members (excludes halogenated alkanes) is 2. The maximum absolute atomic E-state index is 8.45. The van der Waals surface area contributed by atoms with Crippen molar-refractivity contribution in [3.8, 4) is 6.07 Å². The molecule has 0 aromatic rings. The van der Waals surface area contributed by atoms with E-state index in [9.17, 15) is 0 Å². The molecule has 0 N–H and O–H groups in total. The van der Waals surface area contributed by atoms with Gasteiger partial charge in [-0.3, -0.25) is 0 Å². The van der Waals surface area contributed by atoms with Gasteiger partial charge in [0.05, 0.1) is 6.07 Å². The zero-order chi connectivity index (χ0) is 11.5. The molecular formula is C13H26N2. The smallest absolute Gasteiger partial charge is 0.0621 e. The van der Waals surface area contributed by atoms with Gasteiger partial charge in [0.25, 0.3) is 0 Å². The second kappa shape index (κ2) is 9.98. The lowest BCUT2D eigenvalue weighted by atomic mass is 10.0. The van der Waals surface area contributed by atoms with Gasteiger partial charge in [-0.1, -0.05) is 33.6 Å². The third kappa shape index (κ3) is 7.39. The molecular weight excluding hydrogens is 184 g/mol. The number of rotatable bonds is 9. The summed E-state index contributed by atoms with van der Waals surface area (Å²) in [5.41, 5.74) is 0. The van der Waals surface area contributed by atoms with E-state index in [0.29, 0.717) is 6.42 Å². The molecule has 0 aliphatic rings. The van der Waals surface area contributed by atoms with Gasteiger partial charge in [-0.05, 0) is 31.8 Å². The van der Waals surface area contributed by atoms with Crippen LogP contribution in [-0.2, 0) is 0 Å². The summed E-state index contributed by atoms with van der Waals surface area (Å²) >= 11 is 0. The van der Waals surface area contributed by atoms with Crippen molar-refractivity contribution in [1.82, 2.24) is 4.90 Å². The third-order valence-electron chi connectivity index (χ3n) is 3.13. The summed E-state index contributed by atoms with van der Waals surface area (Å²) in [4.78, 5) is 2.52. The van der Waals surface area contributed by atoms with Crippen LogP contribution in [0.4, 0.5) is 0 Å². The number of nitriles is 1. The Labute approximate surface area is 95.3 Å². The highest BCUT2D eigenvalue weighted by molar-refractivity contribution is 4.69. The third-order valence-corrected chi connectivity index (χ3v) is 3.13. The van der Waals surface area contributed by atoms with Crippen LogP contribution in [0.5, 0.6) is 0 Å². The molecule has 0 aliphatic carbocycles. The first-order valence-electron chi connectivity index (χ1n) is 6.37. The number of hydrogen-bond donors (Lipinski definition) is 0. The molecule has 88 valence electrons. The fourth-order valence-corrected chi connectivity index (χ4v) is 1.83. The van der Waals surface area contributed by atoms with Crippen molar-refractivity contribution in [2.75, 3.05) is 19.6 Å². The van der Waals surface area contributed by atoms with Crippen molar-refractivity contribution in [2.45, 2.75) is 52.9 Å². The van der Waals surface area contributed by atoms with Crippen molar-refractivity contribution in [1.29, 1.82) is 5.26 Å². The molecule has 0 amide bonds. The zero-order valence-electron chi connectivity index (χ0n) is 10.6. The van der Waals surface area contributed by atoms with Crippen LogP contribution in [0.15, 0.2) is 0 Å². The van der Waals surface area contributed by atoms with Crippen LogP contribution in [0.25, 0.3) is 0 Å². The van der Waals surface area contributed by atoms with Gasteiger partial charge in [-0.2, -0.15) is 5.26 Å². The fourth-order valence-electron chi connectivity index (χ4n) is 1.83. The fraction of sp³-hybridized carbons (Fsp3) is 0.923. The van der Waals surface area contributed by atoms with E-state index in [1.54, 1.807) is 0 Å². The summed E-state index contributed by atoms with van der Waals surface area (Å²) in [6, 6.07) is 2.20. The Bertz CT molecular complexity index is 168. The lowest BCUT2D eigenvalue weighted by Gasteiger charge is -2.24. The summed E-state index contributed by atoms with van der Waals surface area (Å²) in [7, 11) is 0. The van der Waals surface area contributed by atoms with Gasteiger partial charge in [0, 0.05) is 13.0 Å². The minimum Gasteiger partial charge on any atom is -0.303 e. The molecule has 0 saturated heterocycles. The van der Waals surface area contributed by atoms with E-state index in [4.69, 9.17) is 5.26 Å². The first-order chi connectivity index (χ1) is 7.28. The monoisotopic (exact) mass is 210 g/mol. The topological polar surface area (TPSA) is 27.0 Å². The maximum Gasteiger partial charge on any atom is 0.0621 e. The summed E-state index contributed by atoms with van der Waals surface area (Å²) in [6.07, 6.45) is 5.50.